The van der Waals surface area contributed by atoms with Gasteiger partial charge in [-0.15, -0.1) is 0 Å². The molecule has 78 heavy (non-hydrogen) atoms. The van der Waals surface area contributed by atoms with Crippen molar-refractivity contribution in [2.24, 2.45) is 0 Å². The largest absolute Gasteiger partial charge is 0.462 e. The molecule has 0 fully saturated rings. The number of rotatable bonds is 62. The first-order valence-corrected chi connectivity index (χ1v) is 33.9. The van der Waals surface area contributed by atoms with Crippen LogP contribution in [0.1, 0.15) is 348 Å². The number of unbranched alkanes of at least 4 members (excludes halogenated alkanes) is 39. The number of carbonyl (C=O) groups excluding carboxylic acids is 3. The molecule has 0 aromatic rings. The summed E-state index contributed by atoms with van der Waals surface area (Å²) in [7, 11) is 0. The summed E-state index contributed by atoms with van der Waals surface area (Å²) < 4.78 is 16.9. The average molecular weight is 1090 g/mol. The van der Waals surface area contributed by atoms with Crippen LogP contribution >= 0.6 is 0 Å². The van der Waals surface area contributed by atoms with E-state index in [2.05, 4.69) is 93.7 Å². The third kappa shape index (κ3) is 63.7. The zero-order chi connectivity index (χ0) is 56.4. The molecule has 0 saturated carbocycles. The van der Waals surface area contributed by atoms with Gasteiger partial charge in [0.15, 0.2) is 6.10 Å². The van der Waals surface area contributed by atoms with E-state index in [4.69, 9.17) is 14.2 Å². The molecule has 6 heteroatoms. The molecule has 1 unspecified atom stereocenters. The van der Waals surface area contributed by atoms with Gasteiger partial charge < -0.3 is 14.2 Å². The maximum absolute atomic E-state index is 12.9. The molecular weight excluding hydrogens is 961 g/mol. The summed E-state index contributed by atoms with van der Waals surface area (Å²) in [5, 5.41) is 0. The van der Waals surface area contributed by atoms with Gasteiger partial charge in [-0.2, -0.15) is 0 Å². The molecule has 0 aliphatic carbocycles. The standard InChI is InChI=1S/C72H128O6/c1-4-7-10-13-16-19-22-24-26-28-30-32-34-36-38-39-41-43-45-47-50-53-56-59-62-65-71(74)77-68-69(67-76-70(73)64-61-58-55-52-49-21-18-15-12-9-6-3)78-72(75)66-63-60-57-54-51-48-46-44-42-40-37-35-33-31-29-27-25-23-20-17-14-11-8-5-2/h7,10,16,19,24,26,30,32,36,38,41,43,69H,4-6,8-9,11-15,17-18,20-23,25,27-29,31,33-35,37,39-40,42,44-68H2,1-3H3/b10-7-,19-16-,26-24-,32-30-,38-36-,43-41-. The Labute approximate surface area is 484 Å². The number of hydrogen-bond acceptors (Lipinski definition) is 6. The van der Waals surface area contributed by atoms with E-state index in [-0.39, 0.29) is 31.1 Å². The molecule has 0 N–H and O–H groups in total. The van der Waals surface area contributed by atoms with E-state index in [1.54, 1.807) is 0 Å². The van der Waals surface area contributed by atoms with Crippen molar-refractivity contribution in [1.82, 2.24) is 0 Å². The second-order valence-corrected chi connectivity index (χ2v) is 22.7. The summed E-state index contributed by atoms with van der Waals surface area (Å²) in [6.45, 7) is 6.56. The Morgan fingerprint density at radius 3 is 0.782 bits per heavy atom. The first-order valence-electron chi connectivity index (χ1n) is 33.9. The van der Waals surface area contributed by atoms with Crippen LogP contribution in [0.4, 0.5) is 0 Å². The third-order valence-corrected chi connectivity index (χ3v) is 15.0. The van der Waals surface area contributed by atoms with Crippen LogP contribution < -0.4 is 0 Å². The van der Waals surface area contributed by atoms with Crippen LogP contribution in [0.15, 0.2) is 72.9 Å². The van der Waals surface area contributed by atoms with Gasteiger partial charge in [-0.3, -0.25) is 14.4 Å². The van der Waals surface area contributed by atoms with E-state index < -0.39 is 6.10 Å². The first-order chi connectivity index (χ1) is 38.5. The fraction of sp³-hybridized carbons (Fsp3) is 0.792. The fourth-order valence-electron chi connectivity index (χ4n) is 9.92. The molecule has 0 amide bonds. The van der Waals surface area contributed by atoms with Crippen LogP contribution in [-0.2, 0) is 28.6 Å². The second-order valence-electron chi connectivity index (χ2n) is 22.7. The van der Waals surface area contributed by atoms with Crippen molar-refractivity contribution >= 4 is 17.9 Å². The molecule has 0 aromatic carbocycles. The minimum atomic E-state index is -0.779. The van der Waals surface area contributed by atoms with Gasteiger partial charge >= 0.3 is 17.9 Å². The Morgan fingerprint density at radius 2 is 0.500 bits per heavy atom. The highest BCUT2D eigenvalue weighted by atomic mass is 16.6. The van der Waals surface area contributed by atoms with Gasteiger partial charge in [0.05, 0.1) is 0 Å². The Morgan fingerprint density at radius 1 is 0.269 bits per heavy atom. The summed E-state index contributed by atoms with van der Waals surface area (Å²) in [4.78, 5) is 38.3. The highest BCUT2D eigenvalue weighted by molar-refractivity contribution is 5.71. The smallest absolute Gasteiger partial charge is 0.306 e. The van der Waals surface area contributed by atoms with Gasteiger partial charge in [-0.1, -0.05) is 331 Å². The number of carbonyl (C=O) groups is 3. The minimum Gasteiger partial charge on any atom is -0.462 e. The highest BCUT2D eigenvalue weighted by Crippen LogP contribution is 2.18. The Balaban J connectivity index is 4.26. The van der Waals surface area contributed by atoms with Gasteiger partial charge in [0.25, 0.3) is 0 Å². The van der Waals surface area contributed by atoms with Crippen molar-refractivity contribution in [1.29, 1.82) is 0 Å². The van der Waals surface area contributed by atoms with Crippen LogP contribution in [0.2, 0.25) is 0 Å². The molecule has 6 nitrogen and oxygen atoms in total. The van der Waals surface area contributed by atoms with Crippen molar-refractivity contribution in [3.05, 3.63) is 72.9 Å². The molecule has 0 heterocycles. The molecular formula is C72H128O6. The lowest BCUT2D eigenvalue weighted by atomic mass is 10.0. The van der Waals surface area contributed by atoms with Crippen LogP contribution in [-0.4, -0.2) is 37.2 Å². The lowest BCUT2D eigenvalue weighted by Gasteiger charge is -2.18. The average Bonchev–Trinajstić information content (AvgIpc) is 3.44. The quantitative estimate of drug-likeness (QED) is 0.0261. The second kappa shape index (κ2) is 66.4. The zero-order valence-corrected chi connectivity index (χ0v) is 51.9. The van der Waals surface area contributed by atoms with Gasteiger partial charge in [-0.05, 0) is 70.6 Å². The number of ether oxygens (including phenoxy) is 3. The summed E-state index contributed by atoms with van der Waals surface area (Å²) in [5.41, 5.74) is 0. The molecule has 0 aliphatic rings. The van der Waals surface area contributed by atoms with Crippen molar-refractivity contribution in [3.8, 4) is 0 Å². The van der Waals surface area contributed by atoms with Crippen molar-refractivity contribution < 1.29 is 28.6 Å². The monoisotopic (exact) mass is 1090 g/mol. The van der Waals surface area contributed by atoms with Gasteiger partial charge in [-0.25, -0.2) is 0 Å². The van der Waals surface area contributed by atoms with E-state index in [0.717, 1.165) is 103 Å². The molecule has 0 saturated heterocycles. The SMILES string of the molecule is CC/C=C\C/C=C\C/C=C\C/C=C\C/C=C\C/C=C\CCCCCCCCC(=O)OCC(COC(=O)CCCCCCCCCCCCC)OC(=O)CCCCCCCCCCCCCCCCCCCCCCCCCC. The predicted octanol–water partition coefficient (Wildman–Crippen LogP) is 23.3. The van der Waals surface area contributed by atoms with Crippen molar-refractivity contribution in [2.75, 3.05) is 13.2 Å². The summed E-state index contributed by atoms with van der Waals surface area (Å²) in [5.74, 6) is -0.872. The van der Waals surface area contributed by atoms with Crippen LogP contribution in [0.25, 0.3) is 0 Å². The molecule has 0 spiro atoms. The normalized spacial score (nSPS) is 12.5. The van der Waals surface area contributed by atoms with E-state index in [1.165, 1.54) is 205 Å². The molecule has 0 aliphatic heterocycles. The number of esters is 3. The molecule has 0 rings (SSSR count). The van der Waals surface area contributed by atoms with Gasteiger partial charge in [0, 0.05) is 19.3 Å². The lowest BCUT2D eigenvalue weighted by Crippen LogP contribution is -2.30. The zero-order valence-electron chi connectivity index (χ0n) is 51.9. The molecule has 1 atom stereocenters. The fourth-order valence-corrected chi connectivity index (χ4v) is 9.92. The Kier molecular flexibility index (Phi) is 63.7. The first kappa shape index (κ1) is 74.8. The Bertz CT molecular complexity index is 1440. The lowest BCUT2D eigenvalue weighted by molar-refractivity contribution is -0.167. The molecule has 0 bridgehead atoms. The summed E-state index contributed by atoms with van der Waals surface area (Å²) in [6, 6.07) is 0. The molecule has 0 radical (unpaired) electrons. The van der Waals surface area contributed by atoms with Crippen molar-refractivity contribution in [3.63, 3.8) is 0 Å². The van der Waals surface area contributed by atoms with Gasteiger partial charge in [0.2, 0.25) is 0 Å². The van der Waals surface area contributed by atoms with E-state index in [1.807, 2.05) is 0 Å². The Hall–Kier alpha value is -3.15. The number of allylic oxidation sites excluding steroid dienone is 12. The van der Waals surface area contributed by atoms with E-state index >= 15 is 0 Å². The maximum atomic E-state index is 12.9. The predicted molar refractivity (Wildman–Crippen MR) is 339 cm³/mol. The third-order valence-electron chi connectivity index (χ3n) is 15.0. The minimum absolute atomic E-state index is 0.0755. The number of hydrogen-bond donors (Lipinski definition) is 0. The molecule has 0 aromatic heterocycles. The molecule has 452 valence electrons. The van der Waals surface area contributed by atoms with E-state index in [0.29, 0.717) is 19.3 Å². The topological polar surface area (TPSA) is 78.9 Å². The highest BCUT2D eigenvalue weighted by Gasteiger charge is 2.19. The summed E-state index contributed by atoms with van der Waals surface area (Å²) >= 11 is 0. The van der Waals surface area contributed by atoms with E-state index in [9.17, 15) is 14.4 Å². The van der Waals surface area contributed by atoms with Crippen LogP contribution in [0, 0.1) is 0 Å². The van der Waals surface area contributed by atoms with Gasteiger partial charge in [0.1, 0.15) is 13.2 Å². The van der Waals surface area contributed by atoms with Crippen LogP contribution in [0.3, 0.4) is 0 Å². The maximum Gasteiger partial charge on any atom is 0.306 e. The van der Waals surface area contributed by atoms with Crippen molar-refractivity contribution in [2.45, 2.75) is 354 Å². The van der Waals surface area contributed by atoms with Crippen LogP contribution in [0.5, 0.6) is 0 Å². The summed E-state index contributed by atoms with van der Waals surface area (Å²) in [6.07, 6.45) is 86.4.